The maximum atomic E-state index is 4.48. The lowest BCUT2D eigenvalue weighted by Gasteiger charge is -2.16. The number of nitrogens with one attached hydrogen (secondary N) is 1. The smallest absolute Gasteiger partial charge is 0.0951 e. The van der Waals surface area contributed by atoms with Gasteiger partial charge in [0.25, 0.3) is 0 Å². The molecule has 0 aliphatic heterocycles. The van der Waals surface area contributed by atoms with Gasteiger partial charge in [0, 0.05) is 29.7 Å². The number of thiazole rings is 1. The van der Waals surface area contributed by atoms with E-state index in [1.807, 2.05) is 12.5 Å². The zero-order valence-electron chi connectivity index (χ0n) is 12.3. The number of imidazole rings is 1. The summed E-state index contributed by atoms with van der Waals surface area (Å²) in [6.45, 7) is 11.5. The van der Waals surface area contributed by atoms with Crippen LogP contribution in [0.2, 0.25) is 0 Å². The van der Waals surface area contributed by atoms with E-state index in [1.54, 1.807) is 11.3 Å². The van der Waals surface area contributed by atoms with Crippen molar-refractivity contribution in [2.45, 2.75) is 53.2 Å². The largest absolute Gasteiger partial charge is 0.331 e. The van der Waals surface area contributed by atoms with Gasteiger partial charge in [-0.15, -0.1) is 11.3 Å². The quantitative estimate of drug-likeness (QED) is 0.911. The van der Waals surface area contributed by atoms with Crippen LogP contribution in [0.4, 0.5) is 0 Å². The van der Waals surface area contributed by atoms with Gasteiger partial charge in [-0.25, -0.2) is 9.97 Å². The third-order valence-electron chi connectivity index (χ3n) is 3.22. The van der Waals surface area contributed by atoms with Gasteiger partial charge in [0.15, 0.2) is 0 Å². The Bertz CT molecular complexity index is 541. The molecule has 1 unspecified atom stereocenters. The highest BCUT2D eigenvalue weighted by molar-refractivity contribution is 7.11. The first kappa shape index (κ1) is 14.2. The number of hydrogen-bond donors (Lipinski definition) is 1. The molecule has 0 radical (unpaired) electrons. The van der Waals surface area contributed by atoms with E-state index >= 15 is 0 Å². The third kappa shape index (κ3) is 3.22. The zero-order chi connectivity index (χ0) is 14.0. The predicted octanol–water partition coefficient (Wildman–Crippen LogP) is 3.39. The van der Waals surface area contributed by atoms with Crippen LogP contribution >= 0.6 is 11.3 Å². The van der Waals surface area contributed by atoms with Gasteiger partial charge < -0.3 is 9.88 Å². The predicted molar refractivity (Wildman–Crippen MR) is 79.5 cm³/mol. The Labute approximate surface area is 118 Å². The molecule has 0 saturated carbocycles. The second-order valence-corrected chi connectivity index (χ2v) is 6.41. The standard InChI is InChI=1S/C14H22N4S/c1-9(2)18-8-15-6-13(18)7-16-10(3)14-11(4)17-12(5)19-14/h6,8-10,16H,7H2,1-5H3. The first-order chi connectivity index (χ1) is 8.99. The fraction of sp³-hybridized carbons (Fsp3) is 0.571. The first-order valence-corrected chi connectivity index (χ1v) is 7.48. The summed E-state index contributed by atoms with van der Waals surface area (Å²) in [7, 11) is 0. The second kappa shape index (κ2) is 5.84. The summed E-state index contributed by atoms with van der Waals surface area (Å²) < 4.78 is 2.20. The number of hydrogen-bond acceptors (Lipinski definition) is 4. The van der Waals surface area contributed by atoms with E-state index in [1.165, 1.54) is 10.6 Å². The summed E-state index contributed by atoms with van der Waals surface area (Å²) >= 11 is 1.77. The Hall–Kier alpha value is -1.20. The third-order valence-corrected chi connectivity index (χ3v) is 4.48. The second-order valence-electron chi connectivity index (χ2n) is 5.17. The number of nitrogens with zero attached hydrogens (tertiary/aromatic N) is 3. The van der Waals surface area contributed by atoms with Gasteiger partial charge in [0.2, 0.25) is 0 Å². The van der Waals surface area contributed by atoms with Gasteiger partial charge in [-0.2, -0.15) is 0 Å². The van der Waals surface area contributed by atoms with Crippen LogP contribution in [0, 0.1) is 13.8 Å². The van der Waals surface area contributed by atoms with Crippen molar-refractivity contribution in [1.29, 1.82) is 0 Å². The van der Waals surface area contributed by atoms with Crippen molar-refractivity contribution < 1.29 is 0 Å². The molecule has 1 atom stereocenters. The highest BCUT2D eigenvalue weighted by atomic mass is 32.1. The molecular formula is C14H22N4S. The van der Waals surface area contributed by atoms with E-state index in [9.17, 15) is 0 Å². The molecule has 0 bridgehead atoms. The SMILES string of the molecule is Cc1nc(C)c(C(C)NCc2cncn2C(C)C)s1. The lowest BCUT2D eigenvalue weighted by atomic mass is 10.2. The van der Waals surface area contributed by atoms with Gasteiger partial charge >= 0.3 is 0 Å². The average molecular weight is 278 g/mol. The summed E-state index contributed by atoms with van der Waals surface area (Å²) in [5.41, 5.74) is 2.36. The summed E-state index contributed by atoms with van der Waals surface area (Å²) in [5.74, 6) is 0. The molecule has 0 fully saturated rings. The summed E-state index contributed by atoms with van der Waals surface area (Å²) in [6, 6.07) is 0.767. The molecule has 0 aliphatic rings. The van der Waals surface area contributed by atoms with E-state index in [0.717, 1.165) is 17.2 Å². The molecule has 19 heavy (non-hydrogen) atoms. The maximum absolute atomic E-state index is 4.48. The van der Waals surface area contributed by atoms with Crippen molar-refractivity contribution >= 4 is 11.3 Å². The first-order valence-electron chi connectivity index (χ1n) is 6.67. The van der Waals surface area contributed by atoms with Crippen molar-refractivity contribution in [3.8, 4) is 0 Å². The minimum atomic E-state index is 0.321. The fourth-order valence-electron chi connectivity index (χ4n) is 2.23. The van der Waals surface area contributed by atoms with Gasteiger partial charge in [-0.3, -0.25) is 0 Å². The molecule has 0 aliphatic carbocycles. The van der Waals surface area contributed by atoms with Crippen LogP contribution in [0.1, 0.15) is 54.1 Å². The number of rotatable bonds is 5. The van der Waals surface area contributed by atoms with Crippen LogP contribution in [-0.2, 0) is 6.54 Å². The molecule has 0 amide bonds. The van der Waals surface area contributed by atoms with Crippen molar-refractivity contribution in [3.63, 3.8) is 0 Å². The lowest BCUT2D eigenvalue weighted by Crippen LogP contribution is -2.20. The van der Waals surface area contributed by atoms with Crippen LogP contribution in [0.5, 0.6) is 0 Å². The summed E-state index contributed by atoms with van der Waals surface area (Å²) in [4.78, 5) is 10.0. The molecule has 2 rings (SSSR count). The van der Waals surface area contributed by atoms with Gasteiger partial charge in [0.05, 0.1) is 22.7 Å². The minimum Gasteiger partial charge on any atom is -0.331 e. The van der Waals surface area contributed by atoms with Crippen molar-refractivity contribution in [2.75, 3.05) is 0 Å². The fourth-order valence-corrected chi connectivity index (χ4v) is 3.19. The maximum Gasteiger partial charge on any atom is 0.0951 e. The molecule has 2 heterocycles. The summed E-state index contributed by atoms with van der Waals surface area (Å²) in [6.07, 6.45) is 3.83. The molecule has 2 aromatic rings. The Morgan fingerprint density at radius 3 is 2.63 bits per heavy atom. The Balaban J connectivity index is 2.02. The van der Waals surface area contributed by atoms with E-state index in [2.05, 4.69) is 54.5 Å². The van der Waals surface area contributed by atoms with Gasteiger partial charge in [0.1, 0.15) is 0 Å². The molecule has 104 valence electrons. The van der Waals surface area contributed by atoms with Gasteiger partial charge in [-0.05, 0) is 34.6 Å². The Morgan fingerprint density at radius 1 is 1.32 bits per heavy atom. The van der Waals surface area contributed by atoms with Crippen LogP contribution in [0.25, 0.3) is 0 Å². The zero-order valence-corrected chi connectivity index (χ0v) is 13.1. The van der Waals surface area contributed by atoms with Crippen LogP contribution in [0.15, 0.2) is 12.5 Å². The van der Waals surface area contributed by atoms with Gasteiger partial charge in [-0.1, -0.05) is 0 Å². The topological polar surface area (TPSA) is 42.7 Å². The number of aromatic nitrogens is 3. The average Bonchev–Trinajstić information content (AvgIpc) is 2.92. The van der Waals surface area contributed by atoms with E-state index in [4.69, 9.17) is 0 Å². The van der Waals surface area contributed by atoms with Crippen LogP contribution in [-0.4, -0.2) is 14.5 Å². The molecule has 5 heteroatoms. The highest BCUT2D eigenvalue weighted by Crippen LogP contribution is 2.24. The van der Waals surface area contributed by atoms with Crippen molar-refractivity contribution in [3.05, 3.63) is 33.8 Å². The normalized spacial score (nSPS) is 13.2. The molecule has 0 aromatic carbocycles. The molecule has 0 saturated heterocycles. The number of aryl methyl sites for hydroxylation is 2. The van der Waals surface area contributed by atoms with E-state index < -0.39 is 0 Å². The Morgan fingerprint density at radius 2 is 2.05 bits per heavy atom. The van der Waals surface area contributed by atoms with E-state index in [0.29, 0.717) is 12.1 Å². The molecule has 0 spiro atoms. The Kier molecular flexibility index (Phi) is 4.37. The summed E-state index contributed by atoms with van der Waals surface area (Å²) in [5, 5.41) is 4.69. The monoisotopic (exact) mass is 278 g/mol. The lowest BCUT2D eigenvalue weighted by molar-refractivity contribution is 0.520. The van der Waals surface area contributed by atoms with Crippen molar-refractivity contribution in [2.24, 2.45) is 0 Å². The van der Waals surface area contributed by atoms with Crippen LogP contribution < -0.4 is 5.32 Å². The molecule has 4 nitrogen and oxygen atoms in total. The molecule has 2 aromatic heterocycles. The van der Waals surface area contributed by atoms with E-state index in [-0.39, 0.29) is 0 Å². The molecular weight excluding hydrogens is 256 g/mol. The minimum absolute atomic E-state index is 0.321. The van der Waals surface area contributed by atoms with Crippen molar-refractivity contribution in [1.82, 2.24) is 19.9 Å². The molecule has 1 N–H and O–H groups in total. The van der Waals surface area contributed by atoms with Crippen LogP contribution in [0.3, 0.4) is 0 Å². The highest BCUT2D eigenvalue weighted by Gasteiger charge is 2.13.